The number of benzene rings is 3. The standard InChI is InChI=1S/C27H23N5O3/c1-35-20-14-12-18(13-15-20)23-25(29-21(33)16-28)30-26-22(17-8-4-2-5-9-17)24(31-32(26)27(23)34)19-10-6-3-7-11-19/h2-15,31H,16,28H2,1H3,(H,29,33). The fourth-order valence-electron chi connectivity index (χ4n) is 4.06. The van der Waals surface area contributed by atoms with E-state index in [0.717, 1.165) is 22.4 Å². The van der Waals surface area contributed by atoms with E-state index in [1.54, 1.807) is 31.4 Å². The maximum Gasteiger partial charge on any atom is 0.282 e. The van der Waals surface area contributed by atoms with Crippen LogP contribution < -0.4 is 21.3 Å². The molecule has 8 heteroatoms. The molecule has 0 fully saturated rings. The van der Waals surface area contributed by atoms with Crippen molar-refractivity contribution < 1.29 is 9.53 Å². The van der Waals surface area contributed by atoms with Crippen molar-refractivity contribution in [2.45, 2.75) is 0 Å². The molecule has 1 amide bonds. The fourth-order valence-corrected chi connectivity index (χ4v) is 4.06. The Labute approximate surface area is 201 Å². The highest BCUT2D eigenvalue weighted by Crippen LogP contribution is 2.35. The van der Waals surface area contributed by atoms with Gasteiger partial charge in [0.2, 0.25) is 5.91 Å². The quantitative estimate of drug-likeness (QED) is 0.352. The molecule has 174 valence electrons. The molecule has 4 N–H and O–H groups in total. The van der Waals surface area contributed by atoms with Gasteiger partial charge in [-0.1, -0.05) is 72.8 Å². The van der Waals surface area contributed by atoms with Gasteiger partial charge in [-0.3, -0.25) is 14.7 Å². The number of aromatic nitrogens is 3. The predicted octanol–water partition coefficient (Wildman–Crippen LogP) is 3.93. The molecule has 5 rings (SSSR count). The Morgan fingerprint density at radius 2 is 1.51 bits per heavy atom. The van der Waals surface area contributed by atoms with Crippen molar-refractivity contribution in [2.75, 3.05) is 19.0 Å². The monoisotopic (exact) mass is 465 g/mol. The zero-order chi connectivity index (χ0) is 24.4. The van der Waals surface area contributed by atoms with Gasteiger partial charge in [-0.2, -0.15) is 4.52 Å². The van der Waals surface area contributed by atoms with Gasteiger partial charge < -0.3 is 15.8 Å². The molecule has 0 atom stereocenters. The van der Waals surface area contributed by atoms with E-state index < -0.39 is 5.91 Å². The van der Waals surface area contributed by atoms with Crippen LogP contribution in [0.5, 0.6) is 5.75 Å². The largest absolute Gasteiger partial charge is 0.497 e. The molecule has 0 unspecified atom stereocenters. The van der Waals surface area contributed by atoms with E-state index >= 15 is 0 Å². The number of nitrogens with two attached hydrogens (primary N) is 1. The lowest BCUT2D eigenvalue weighted by molar-refractivity contribution is -0.114. The Balaban J connectivity index is 1.85. The van der Waals surface area contributed by atoms with Crippen LogP contribution in [0.1, 0.15) is 0 Å². The lowest BCUT2D eigenvalue weighted by Gasteiger charge is -2.11. The molecule has 8 nitrogen and oxygen atoms in total. The molecule has 2 aromatic heterocycles. The number of nitrogens with one attached hydrogen (secondary N) is 2. The Hall–Kier alpha value is -4.69. The van der Waals surface area contributed by atoms with E-state index in [4.69, 9.17) is 15.5 Å². The first-order chi connectivity index (χ1) is 17.1. The molecule has 0 aliphatic rings. The number of nitrogens with zero attached hydrogens (tertiary/aromatic N) is 2. The Morgan fingerprint density at radius 1 is 0.914 bits per heavy atom. The number of aromatic amines is 1. The van der Waals surface area contributed by atoms with Gasteiger partial charge in [0.05, 0.1) is 30.5 Å². The predicted molar refractivity (Wildman–Crippen MR) is 136 cm³/mol. The second-order valence-electron chi connectivity index (χ2n) is 7.87. The van der Waals surface area contributed by atoms with Gasteiger partial charge >= 0.3 is 0 Å². The molecule has 0 radical (unpaired) electrons. The third-order valence-electron chi connectivity index (χ3n) is 5.73. The summed E-state index contributed by atoms with van der Waals surface area (Å²) in [5.74, 6) is 0.343. The molecule has 0 saturated heterocycles. The summed E-state index contributed by atoms with van der Waals surface area (Å²) in [6.45, 7) is -0.239. The summed E-state index contributed by atoms with van der Waals surface area (Å²) >= 11 is 0. The van der Waals surface area contributed by atoms with E-state index in [9.17, 15) is 9.59 Å². The molecule has 0 bridgehead atoms. The number of methoxy groups -OCH3 is 1. The van der Waals surface area contributed by atoms with Crippen LogP contribution >= 0.6 is 0 Å². The first-order valence-corrected chi connectivity index (χ1v) is 11.0. The van der Waals surface area contributed by atoms with Gasteiger partial charge in [-0.15, -0.1) is 0 Å². The van der Waals surface area contributed by atoms with Crippen LogP contribution in [0.25, 0.3) is 39.2 Å². The summed E-state index contributed by atoms with van der Waals surface area (Å²) in [5, 5.41) is 5.97. The topological polar surface area (TPSA) is 115 Å². The summed E-state index contributed by atoms with van der Waals surface area (Å²) in [4.78, 5) is 30.9. The fraction of sp³-hybridized carbons (Fsp3) is 0.0741. The Kier molecular flexibility index (Phi) is 5.87. The zero-order valence-corrected chi connectivity index (χ0v) is 19.0. The number of ether oxygens (including phenoxy) is 1. The number of amides is 1. The van der Waals surface area contributed by atoms with Crippen molar-refractivity contribution in [3.8, 4) is 39.3 Å². The van der Waals surface area contributed by atoms with Crippen LogP contribution in [0.4, 0.5) is 5.82 Å². The van der Waals surface area contributed by atoms with Crippen molar-refractivity contribution in [1.82, 2.24) is 14.6 Å². The van der Waals surface area contributed by atoms with Crippen molar-refractivity contribution in [1.29, 1.82) is 0 Å². The Morgan fingerprint density at radius 3 is 2.11 bits per heavy atom. The van der Waals surface area contributed by atoms with Gasteiger partial charge in [0, 0.05) is 5.56 Å². The molecule has 0 saturated carbocycles. The van der Waals surface area contributed by atoms with E-state index in [0.29, 0.717) is 17.0 Å². The van der Waals surface area contributed by atoms with Crippen molar-refractivity contribution in [3.63, 3.8) is 0 Å². The number of rotatable bonds is 6. The number of anilines is 1. The first-order valence-electron chi connectivity index (χ1n) is 11.0. The smallest absolute Gasteiger partial charge is 0.282 e. The maximum atomic E-state index is 13.9. The molecular weight excluding hydrogens is 442 g/mol. The molecule has 0 spiro atoms. The van der Waals surface area contributed by atoms with Crippen LogP contribution in [0, 0.1) is 0 Å². The number of fused-ring (bicyclic) bond motifs is 1. The minimum atomic E-state index is -0.448. The molecule has 0 aliphatic carbocycles. The second-order valence-corrected chi connectivity index (χ2v) is 7.87. The number of hydrogen-bond acceptors (Lipinski definition) is 5. The average molecular weight is 466 g/mol. The maximum absolute atomic E-state index is 13.9. The molecule has 0 aliphatic heterocycles. The molecule has 5 aromatic rings. The summed E-state index contributed by atoms with van der Waals surface area (Å²) in [6.07, 6.45) is 0. The van der Waals surface area contributed by atoms with Crippen molar-refractivity contribution in [2.24, 2.45) is 5.73 Å². The first kappa shape index (κ1) is 22.1. The van der Waals surface area contributed by atoms with E-state index in [1.807, 2.05) is 60.7 Å². The highest BCUT2D eigenvalue weighted by Gasteiger charge is 2.23. The van der Waals surface area contributed by atoms with Crippen molar-refractivity contribution >= 4 is 17.4 Å². The third kappa shape index (κ3) is 4.07. The van der Waals surface area contributed by atoms with Gasteiger partial charge in [0.25, 0.3) is 5.56 Å². The lowest BCUT2D eigenvalue weighted by Crippen LogP contribution is -2.26. The summed E-state index contributed by atoms with van der Waals surface area (Å²) in [7, 11) is 1.57. The highest BCUT2D eigenvalue weighted by molar-refractivity contribution is 5.97. The number of carbonyl (C=O) groups excluding carboxylic acids is 1. The lowest BCUT2D eigenvalue weighted by atomic mass is 10.0. The van der Waals surface area contributed by atoms with Gasteiger partial charge in [0.1, 0.15) is 11.6 Å². The van der Waals surface area contributed by atoms with Crippen LogP contribution in [0.3, 0.4) is 0 Å². The molecule has 35 heavy (non-hydrogen) atoms. The summed E-state index contributed by atoms with van der Waals surface area (Å²) in [5.41, 5.74) is 9.69. The second kappa shape index (κ2) is 9.28. The minimum absolute atomic E-state index is 0.145. The van der Waals surface area contributed by atoms with Gasteiger partial charge in [0.15, 0.2) is 5.65 Å². The minimum Gasteiger partial charge on any atom is -0.497 e. The zero-order valence-electron chi connectivity index (χ0n) is 19.0. The number of H-pyrrole nitrogens is 1. The van der Waals surface area contributed by atoms with Gasteiger partial charge in [-0.25, -0.2) is 4.98 Å². The molecular formula is C27H23N5O3. The summed E-state index contributed by atoms with van der Waals surface area (Å²) < 4.78 is 6.66. The third-order valence-corrected chi connectivity index (χ3v) is 5.73. The molecule has 2 heterocycles. The average Bonchev–Trinajstić information content (AvgIpc) is 3.30. The highest BCUT2D eigenvalue weighted by atomic mass is 16.5. The van der Waals surface area contributed by atoms with Crippen LogP contribution in [-0.2, 0) is 4.79 Å². The van der Waals surface area contributed by atoms with E-state index in [2.05, 4.69) is 10.4 Å². The van der Waals surface area contributed by atoms with E-state index in [1.165, 1.54) is 4.52 Å². The Bertz CT molecular complexity index is 1560. The summed E-state index contributed by atoms with van der Waals surface area (Å²) in [6, 6.07) is 26.4. The number of carbonyl (C=O) groups is 1. The molecule has 3 aromatic carbocycles. The normalized spacial score (nSPS) is 10.9. The van der Waals surface area contributed by atoms with Crippen molar-refractivity contribution in [3.05, 3.63) is 95.3 Å². The SMILES string of the molecule is COc1ccc(-c2c(NC(=O)CN)nc3c(-c4ccccc4)c(-c4ccccc4)[nH]n3c2=O)cc1. The van der Waals surface area contributed by atoms with Crippen LogP contribution in [0.2, 0.25) is 0 Å². The van der Waals surface area contributed by atoms with E-state index in [-0.39, 0.29) is 23.5 Å². The van der Waals surface area contributed by atoms with Crippen LogP contribution in [-0.4, -0.2) is 34.2 Å². The van der Waals surface area contributed by atoms with Gasteiger partial charge in [-0.05, 0) is 23.3 Å². The number of hydrogen-bond donors (Lipinski definition) is 3. The van der Waals surface area contributed by atoms with Crippen LogP contribution in [0.15, 0.2) is 89.7 Å².